The van der Waals surface area contributed by atoms with Crippen LogP contribution in [0.1, 0.15) is 17.0 Å². The summed E-state index contributed by atoms with van der Waals surface area (Å²) in [6.07, 6.45) is 1.79. The molecule has 0 fully saturated rings. The number of nitro benzene ring substituents is 1. The summed E-state index contributed by atoms with van der Waals surface area (Å²) in [7, 11) is 0. The van der Waals surface area contributed by atoms with Gasteiger partial charge in [0.2, 0.25) is 5.88 Å². The molecule has 122 valence electrons. The van der Waals surface area contributed by atoms with E-state index in [2.05, 4.69) is 11.1 Å². The first-order valence-electron chi connectivity index (χ1n) is 7.52. The van der Waals surface area contributed by atoms with Gasteiger partial charge >= 0.3 is 0 Å². The minimum Gasteiger partial charge on any atom is -0.439 e. The van der Waals surface area contributed by atoms with Gasteiger partial charge in [-0.15, -0.1) is 0 Å². The van der Waals surface area contributed by atoms with Crippen molar-refractivity contribution >= 4 is 16.6 Å². The molecule has 0 spiro atoms. The van der Waals surface area contributed by atoms with E-state index in [0.29, 0.717) is 11.3 Å². The van der Waals surface area contributed by atoms with Crippen molar-refractivity contribution < 1.29 is 9.66 Å². The summed E-state index contributed by atoms with van der Waals surface area (Å²) in [4.78, 5) is 13.7. The number of fused-ring (bicyclic) bond motifs is 3. The van der Waals surface area contributed by atoms with Crippen LogP contribution in [0.25, 0.3) is 10.9 Å². The number of ether oxygens (including phenoxy) is 1. The number of nitrogens with two attached hydrogens (primary N) is 1. The number of benzene rings is 2. The molecule has 0 bridgehead atoms. The Hall–Kier alpha value is -3.79. The molecule has 1 aliphatic rings. The zero-order valence-electron chi connectivity index (χ0n) is 12.9. The Labute approximate surface area is 142 Å². The van der Waals surface area contributed by atoms with Crippen LogP contribution in [-0.4, -0.2) is 9.91 Å². The van der Waals surface area contributed by atoms with E-state index in [1.165, 1.54) is 12.1 Å². The van der Waals surface area contributed by atoms with Crippen molar-refractivity contribution in [3.05, 3.63) is 81.4 Å². The predicted octanol–water partition coefficient (Wildman–Crippen LogP) is 3.29. The Bertz CT molecular complexity index is 1090. The van der Waals surface area contributed by atoms with Gasteiger partial charge in [-0.1, -0.05) is 18.2 Å². The van der Waals surface area contributed by atoms with E-state index in [0.717, 1.165) is 16.5 Å². The van der Waals surface area contributed by atoms with Crippen LogP contribution in [0, 0.1) is 21.4 Å². The SMILES string of the molecule is N#CC1=C(N)Oc2c(ccc3[nH]ccc23)C1c1cccc([N+](=O)[O-])c1. The summed E-state index contributed by atoms with van der Waals surface area (Å²) < 4.78 is 5.72. The van der Waals surface area contributed by atoms with Crippen LogP contribution in [0.4, 0.5) is 5.69 Å². The van der Waals surface area contributed by atoms with Crippen molar-refractivity contribution in [3.63, 3.8) is 0 Å². The van der Waals surface area contributed by atoms with Gasteiger partial charge in [0.1, 0.15) is 17.4 Å². The first-order chi connectivity index (χ1) is 12.1. The Morgan fingerprint density at radius 1 is 1.28 bits per heavy atom. The highest BCUT2D eigenvalue weighted by atomic mass is 16.6. The second-order valence-electron chi connectivity index (χ2n) is 5.70. The summed E-state index contributed by atoms with van der Waals surface area (Å²) in [6.45, 7) is 0. The number of allylic oxidation sites excluding steroid dienone is 1. The summed E-state index contributed by atoms with van der Waals surface area (Å²) in [5.41, 5.74) is 8.43. The molecule has 1 unspecified atom stereocenters. The second kappa shape index (κ2) is 5.39. The summed E-state index contributed by atoms with van der Waals surface area (Å²) >= 11 is 0. The fourth-order valence-corrected chi connectivity index (χ4v) is 3.21. The molecule has 0 saturated heterocycles. The van der Waals surface area contributed by atoms with Crippen molar-refractivity contribution in [1.29, 1.82) is 5.26 Å². The van der Waals surface area contributed by atoms with E-state index in [1.54, 1.807) is 18.3 Å². The molecule has 1 atom stereocenters. The lowest BCUT2D eigenvalue weighted by Crippen LogP contribution is -2.21. The molecule has 0 saturated carbocycles. The molecule has 7 nitrogen and oxygen atoms in total. The van der Waals surface area contributed by atoms with E-state index >= 15 is 0 Å². The molecular weight excluding hydrogens is 320 g/mol. The molecule has 1 aliphatic heterocycles. The molecule has 7 heteroatoms. The summed E-state index contributed by atoms with van der Waals surface area (Å²) in [6, 6.07) is 13.9. The van der Waals surface area contributed by atoms with Gasteiger partial charge in [0.15, 0.2) is 0 Å². The number of non-ortho nitro benzene ring substituents is 1. The molecule has 25 heavy (non-hydrogen) atoms. The van der Waals surface area contributed by atoms with Crippen LogP contribution in [0.5, 0.6) is 5.75 Å². The third-order valence-electron chi connectivity index (χ3n) is 4.33. The zero-order valence-corrected chi connectivity index (χ0v) is 12.9. The second-order valence-corrected chi connectivity index (χ2v) is 5.70. The van der Waals surface area contributed by atoms with Crippen molar-refractivity contribution in [2.75, 3.05) is 0 Å². The van der Waals surface area contributed by atoms with Gasteiger partial charge in [-0.05, 0) is 17.7 Å². The summed E-state index contributed by atoms with van der Waals surface area (Å²) in [5.74, 6) is 0.0555. The predicted molar refractivity (Wildman–Crippen MR) is 90.7 cm³/mol. The standard InChI is InChI=1S/C18H12N4O3/c19-9-14-16(10-2-1-3-11(8-10)22(23)24)13-4-5-15-12(6-7-21-15)17(13)25-18(14)20/h1-8,16,21H,20H2. The van der Waals surface area contributed by atoms with Crippen LogP contribution in [0.3, 0.4) is 0 Å². The molecule has 4 rings (SSSR count). The van der Waals surface area contributed by atoms with Crippen molar-refractivity contribution in [2.45, 2.75) is 5.92 Å². The van der Waals surface area contributed by atoms with Gasteiger partial charge in [0, 0.05) is 34.8 Å². The zero-order chi connectivity index (χ0) is 17.6. The van der Waals surface area contributed by atoms with Gasteiger partial charge in [-0.25, -0.2) is 0 Å². The van der Waals surface area contributed by atoms with Crippen LogP contribution in [0.2, 0.25) is 0 Å². The quantitative estimate of drug-likeness (QED) is 0.551. The van der Waals surface area contributed by atoms with Crippen molar-refractivity contribution in [2.24, 2.45) is 5.73 Å². The lowest BCUT2D eigenvalue weighted by atomic mass is 9.83. The fourth-order valence-electron chi connectivity index (χ4n) is 3.21. The minimum atomic E-state index is -0.520. The Morgan fingerprint density at radius 2 is 2.12 bits per heavy atom. The maximum Gasteiger partial charge on any atom is 0.269 e. The van der Waals surface area contributed by atoms with E-state index in [-0.39, 0.29) is 17.1 Å². The van der Waals surface area contributed by atoms with Crippen LogP contribution < -0.4 is 10.5 Å². The smallest absolute Gasteiger partial charge is 0.269 e. The topological polar surface area (TPSA) is 118 Å². The van der Waals surface area contributed by atoms with Gasteiger partial charge in [-0.3, -0.25) is 10.1 Å². The lowest BCUT2D eigenvalue weighted by Gasteiger charge is -2.26. The highest BCUT2D eigenvalue weighted by molar-refractivity contribution is 5.88. The monoisotopic (exact) mass is 332 g/mol. The number of H-pyrrole nitrogens is 1. The molecule has 2 heterocycles. The van der Waals surface area contributed by atoms with Gasteiger partial charge in [0.05, 0.1) is 10.8 Å². The third kappa shape index (κ3) is 2.20. The number of hydrogen-bond acceptors (Lipinski definition) is 5. The van der Waals surface area contributed by atoms with Gasteiger partial charge < -0.3 is 15.5 Å². The number of aromatic nitrogens is 1. The number of nitriles is 1. The largest absolute Gasteiger partial charge is 0.439 e. The van der Waals surface area contributed by atoms with E-state index in [1.807, 2.05) is 18.2 Å². The Balaban J connectivity index is 1.99. The molecule has 3 aromatic rings. The summed E-state index contributed by atoms with van der Waals surface area (Å²) in [5, 5.41) is 21.5. The number of hydrogen-bond donors (Lipinski definition) is 2. The molecular formula is C18H12N4O3. The number of nitrogens with zero attached hydrogens (tertiary/aromatic N) is 2. The normalized spacial score (nSPS) is 16.2. The van der Waals surface area contributed by atoms with Crippen LogP contribution in [0.15, 0.2) is 60.1 Å². The number of nitrogens with one attached hydrogen (secondary N) is 1. The molecule has 2 aromatic carbocycles. The van der Waals surface area contributed by atoms with E-state index < -0.39 is 10.8 Å². The maximum atomic E-state index is 11.1. The van der Waals surface area contributed by atoms with E-state index in [4.69, 9.17) is 10.5 Å². The minimum absolute atomic E-state index is 0.0141. The highest BCUT2D eigenvalue weighted by Gasteiger charge is 2.32. The average molecular weight is 332 g/mol. The molecule has 3 N–H and O–H groups in total. The first kappa shape index (κ1) is 14.8. The van der Waals surface area contributed by atoms with Gasteiger partial charge in [-0.2, -0.15) is 5.26 Å². The Morgan fingerprint density at radius 3 is 2.88 bits per heavy atom. The van der Waals surface area contributed by atoms with Crippen LogP contribution in [-0.2, 0) is 0 Å². The molecule has 1 aromatic heterocycles. The lowest BCUT2D eigenvalue weighted by molar-refractivity contribution is -0.384. The first-order valence-corrected chi connectivity index (χ1v) is 7.52. The highest BCUT2D eigenvalue weighted by Crippen LogP contribution is 2.45. The molecule has 0 radical (unpaired) electrons. The number of nitro groups is 1. The van der Waals surface area contributed by atoms with Crippen LogP contribution >= 0.6 is 0 Å². The van der Waals surface area contributed by atoms with E-state index in [9.17, 15) is 15.4 Å². The fraction of sp³-hybridized carbons (Fsp3) is 0.0556. The molecule has 0 amide bonds. The Kier molecular flexibility index (Phi) is 3.18. The van der Waals surface area contributed by atoms with Gasteiger partial charge in [0.25, 0.3) is 5.69 Å². The maximum absolute atomic E-state index is 11.1. The third-order valence-corrected chi connectivity index (χ3v) is 4.33. The molecule has 0 aliphatic carbocycles. The number of aromatic amines is 1. The van der Waals surface area contributed by atoms with Crippen molar-refractivity contribution in [3.8, 4) is 11.8 Å². The van der Waals surface area contributed by atoms with Crippen molar-refractivity contribution in [1.82, 2.24) is 4.98 Å². The number of rotatable bonds is 2. The average Bonchev–Trinajstić information content (AvgIpc) is 3.10.